The zero-order valence-corrected chi connectivity index (χ0v) is 10.3. The zero-order valence-electron chi connectivity index (χ0n) is 10.3. The molecule has 1 fully saturated rings. The van der Waals surface area contributed by atoms with Gasteiger partial charge in [0, 0.05) is 31.9 Å². The summed E-state index contributed by atoms with van der Waals surface area (Å²) in [4.78, 5) is 25.1. The minimum Gasteiger partial charge on any atom is -0.354 e. The van der Waals surface area contributed by atoms with Gasteiger partial charge in [-0.1, -0.05) is 0 Å². The van der Waals surface area contributed by atoms with Crippen molar-refractivity contribution in [2.45, 2.75) is 12.5 Å². The first-order valence-electron chi connectivity index (χ1n) is 5.87. The number of hydrogen-bond donors (Lipinski definition) is 2. The Hall–Kier alpha value is -1.89. The molecule has 1 saturated heterocycles. The number of nitrogens with zero attached hydrogens (tertiary/aromatic N) is 3. The Morgan fingerprint density at radius 1 is 1.61 bits per heavy atom. The summed E-state index contributed by atoms with van der Waals surface area (Å²) >= 11 is 0. The topological polar surface area (TPSA) is 93.2 Å². The Labute approximate surface area is 105 Å². The van der Waals surface area contributed by atoms with Crippen LogP contribution in [-0.2, 0) is 16.6 Å². The van der Waals surface area contributed by atoms with Crippen LogP contribution in [0.25, 0.3) is 0 Å². The summed E-state index contributed by atoms with van der Waals surface area (Å²) in [7, 11) is 1.76. The molecule has 2 rings (SSSR count). The summed E-state index contributed by atoms with van der Waals surface area (Å²) in [5.74, 6) is -0.376. The van der Waals surface area contributed by atoms with Gasteiger partial charge in [-0.25, -0.2) is 0 Å². The molecule has 7 nitrogen and oxygen atoms in total. The van der Waals surface area contributed by atoms with E-state index in [1.165, 1.54) is 4.90 Å². The zero-order chi connectivity index (χ0) is 13.1. The molecule has 3 N–H and O–H groups in total. The highest BCUT2D eigenvalue weighted by Crippen LogP contribution is 2.13. The van der Waals surface area contributed by atoms with Crippen LogP contribution >= 0.6 is 0 Å². The first kappa shape index (κ1) is 12.6. The number of carbonyl (C=O) groups is 2. The predicted molar refractivity (Wildman–Crippen MR) is 64.3 cm³/mol. The number of hydrogen-bond acceptors (Lipinski definition) is 4. The van der Waals surface area contributed by atoms with Crippen LogP contribution < -0.4 is 11.1 Å². The van der Waals surface area contributed by atoms with Gasteiger partial charge in [-0.05, 0) is 6.42 Å². The number of carbonyl (C=O) groups excluding carboxylic acids is 2. The van der Waals surface area contributed by atoms with Crippen molar-refractivity contribution in [3.63, 3.8) is 0 Å². The van der Waals surface area contributed by atoms with Crippen molar-refractivity contribution in [3.05, 3.63) is 18.0 Å². The largest absolute Gasteiger partial charge is 0.354 e. The molecular formula is C11H17N5O2. The molecule has 2 amide bonds. The minimum absolute atomic E-state index is 0.0762. The van der Waals surface area contributed by atoms with Crippen LogP contribution in [0, 0.1) is 0 Å². The number of nitrogens with one attached hydrogen (secondary N) is 1. The monoisotopic (exact) mass is 251 g/mol. The number of nitrogens with two attached hydrogens (primary N) is 1. The van der Waals surface area contributed by atoms with E-state index in [0.717, 1.165) is 6.42 Å². The molecule has 0 radical (unpaired) electrons. The standard InChI is InChI=1S/C11H17N5O2/c1-15-6-8(5-14-15)10(12)11(18)16-4-2-3-13-9(17)7-16/h5-6,10H,2-4,7,12H2,1H3,(H,13,17). The summed E-state index contributed by atoms with van der Waals surface area (Å²) < 4.78 is 1.59. The summed E-state index contributed by atoms with van der Waals surface area (Å²) in [6, 6.07) is -0.760. The lowest BCUT2D eigenvalue weighted by Gasteiger charge is -2.22. The van der Waals surface area contributed by atoms with E-state index in [4.69, 9.17) is 5.73 Å². The normalized spacial score (nSPS) is 18.1. The quantitative estimate of drug-likeness (QED) is 0.688. The van der Waals surface area contributed by atoms with Crippen LogP contribution in [0.2, 0.25) is 0 Å². The van der Waals surface area contributed by atoms with Gasteiger partial charge in [-0.15, -0.1) is 0 Å². The number of amides is 2. The third kappa shape index (κ3) is 2.67. The molecule has 1 aromatic rings. The van der Waals surface area contributed by atoms with Crippen molar-refractivity contribution in [1.82, 2.24) is 20.0 Å². The van der Waals surface area contributed by atoms with Crippen LogP contribution in [0.5, 0.6) is 0 Å². The van der Waals surface area contributed by atoms with Crippen molar-refractivity contribution in [3.8, 4) is 0 Å². The van der Waals surface area contributed by atoms with E-state index in [1.807, 2.05) is 0 Å². The molecule has 1 unspecified atom stereocenters. The Morgan fingerprint density at radius 3 is 3.06 bits per heavy atom. The van der Waals surface area contributed by atoms with E-state index < -0.39 is 6.04 Å². The van der Waals surface area contributed by atoms with E-state index in [2.05, 4.69) is 10.4 Å². The van der Waals surface area contributed by atoms with Gasteiger partial charge in [0.25, 0.3) is 0 Å². The number of aryl methyl sites for hydroxylation is 1. The van der Waals surface area contributed by atoms with Crippen molar-refractivity contribution in [2.75, 3.05) is 19.6 Å². The van der Waals surface area contributed by atoms with Crippen molar-refractivity contribution in [1.29, 1.82) is 0 Å². The Kier molecular flexibility index (Phi) is 3.61. The maximum atomic E-state index is 12.2. The molecule has 18 heavy (non-hydrogen) atoms. The first-order valence-corrected chi connectivity index (χ1v) is 5.87. The molecule has 0 spiro atoms. The minimum atomic E-state index is -0.760. The van der Waals surface area contributed by atoms with Gasteiger partial charge < -0.3 is 16.0 Å². The van der Waals surface area contributed by atoms with Gasteiger partial charge in [-0.2, -0.15) is 5.10 Å². The fourth-order valence-corrected chi connectivity index (χ4v) is 1.93. The Bertz CT molecular complexity index is 456. The molecule has 1 aliphatic rings. The van der Waals surface area contributed by atoms with Crippen LogP contribution in [0.1, 0.15) is 18.0 Å². The Balaban J connectivity index is 2.07. The maximum absolute atomic E-state index is 12.2. The molecule has 1 aliphatic heterocycles. The summed E-state index contributed by atoms with van der Waals surface area (Å²) in [6.45, 7) is 1.23. The molecule has 1 aromatic heterocycles. The Morgan fingerprint density at radius 2 is 2.39 bits per heavy atom. The summed E-state index contributed by atoms with van der Waals surface area (Å²) in [5.41, 5.74) is 6.56. The molecule has 7 heteroatoms. The number of rotatable bonds is 2. The lowest BCUT2D eigenvalue weighted by atomic mass is 10.1. The van der Waals surface area contributed by atoms with Crippen molar-refractivity contribution >= 4 is 11.8 Å². The van der Waals surface area contributed by atoms with Crippen LogP contribution in [0.3, 0.4) is 0 Å². The van der Waals surface area contributed by atoms with Crippen molar-refractivity contribution < 1.29 is 9.59 Å². The van der Waals surface area contributed by atoms with E-state index >= 15 is 0 Å². The summed E-state index contributed by atoms with van der Waals surface area (Å²) in [5, 5.41) is 6.71. The smallest absolute Gasteiger partial charge is 0.244 e. The second-order valence-electron chi connectivity index (χ2n) is 4.39. The van der Waals surface area contributed by atoms with E-state index in [-0.39, 0.29) is 18.4 Å². The van der Waals surface area contributed by atoms with E-state index in [0.29, 0.717) is 18.7 Å². The van der Waals surface area contributed by atoms with Gasteiger partial charge in [-0.3, -0.25) is 14.3 Å². The average Bonchev–Trinajstić information content (AvgIpc) is 2.65. The molecule has 98 valence electrons. The molecular weight excluding hydrogens is 234 g/mol. The molecule has 0 aromatic carbocycles. The average molecular weight is 251 g/mol. The third-order valence-electron chi connectivity index (χ3n) is 2.92. The maximum Gasteiger partial charge on any atom is 0.244 e. The van der Waals surface area contributed by atoms with Crippen LogP contribution in [0.4, 0.5) is 0 Å². The SMILES string of the molecule is Cn1cc(C(N)C(=O)N2CCCNC(=O)C2)cn1. The van der Waals surface area contributed by atoms with Gasteiger partial charge >= 0.3 is 0 Å². The summed E-state index contributed by atoms with van der Waals surface area (Å²) in [6.07, 6.45) is 4.03. The molecule has 0 aliphatic carbocycles. The lowest BCUT2D eigenvalue weighted by molar-refractivity contribution is -0.136. The number of aromatic nitrogens is 2. The van der Waals surface area contributed by atoms with Crippen LogP contribution in [-0.4, -0.2) is 46.1 Å². The van der Waals surface area contributed by atoms with Gasteiger partial charge in [0.15, 0.2) is 0 Å². The molecule has 2 heterocycles. The van der Waals surface area contributed by atoms with Crippen molar-refractivity contribution in [2.24, 2.45) is 12.8 Å². The van der Waals surface area contributed by atoms with Gasteiger partial charge in [0.05, 0.1) is 12.7 Å². The second kappa shape index (κ2) is 5.18. The highest BCUT2D eigenvalue weighted by Gasteiger charge is 2.26. The van der Waals surface area contributed by atoms with E-state index in [9.17, 15) is 9.59 Å². The fourth-order valence-electron chi connectivity index (χ4n) is 1.93. The van der Waals surface area contributed by atoms with Crippen LogP contribution in [0.15, 0.2) is 12.4 Å². The molecule has 0 bridgehead atoms. The third-order valence-corrected chi connectivity index (χ3v) is 2.92. The fraction of sp³-hybridized carbons (Fsp3) is 0.545. The molecule has 0 saturated carbocycles. The first-order chi connectivity index (χ1) is 8.58. The lowest BCUT2D eigenvalue weighted by Crippen LogP contribution is -2.42. The highest BCUT2D eigenvalue weighted by molar-refractivity contribution is 5.88. The van der Waals surface area contributed by atoms with Gasteiger partial charge in [0.2, 0.25) is 11.8 Å². The second-order valence-corrected chi connectivity index (χ2v) is 4.39. The predicted octanol–water partition coefficient (Wildman–Crippen LogP) is -1.23. The van der Waals surface area contributed by atoms with Gasteiger partial charge in [0.1, 0.15) is 6.04 Å². The van der Waals surface area contributed by atoms with E-state index in [1.54, 1.807) is 24.1 Å². The highest BCUT2D eigenvalue weighted by atomic mass is 16.2. The molecule has 1 atom stereocenters.